The van der Waals surface area contributed by atoms with Crippen molar-refractivity contribution in [2.45, 2.75) is 52.1 Å². The minimum Gasteiger partial charge on any atom is -0.352 e. The maximum atomic E-state index is 12.5. The van der Waals surface area contributed by atoms with Gasteiger partial charge >= 0.3 is 0 Å². The molecule has 4 nitrogen and oxygen atoms in total. The summed E-state index contributed by atoms with van der Waals surface area (Å²) in [6.45, 7) is 7.09. The van der Waals surface area contributed by atoms with Gasteiger partial charge < -0.3 is 5.32 Å². The average molecular weight is 360 g/mol. The molecule has 0 unspecified atom stereocenters. The molecule has 0 bridgehead atoms. The number of benzene rings is 1. The predicted octanol–water partition coefficient (Wildman–Crippen LogP) is 4.23. The molecule has 0 spiro atoms. The van der Waals surface area contributed by atoms with Gasteiger partial charge in [-0.1, -0.05) is 38.8 Å². The van der Waals surface area contributed by atoms with Crippen molar-refractivity contribution in [3.05, 3.63) is 29.3 Å². The van der Waals surface area contributed by atoms with Crippen LogP contribution < -0.4 is 5.32 Å². The molecule has 3 rings (SSSR count). The number of rotatable bonds is 5. The molecule has 1 amide bonds. The fraction of sp³-hybridized carbons (Fsp3) is 0.600. The Morgan fingerprint density at radius 1 is 1.36 bits per heavy atom. The van der Waals surface area contributed by atoms with E-state index in [1.165, 1.54) is 17.5 Å². The van der Waals surface area contributed by atoms with Gasteiger partial charge in [0.25, 0.3) is 0 Å². The second-order valence-electron chi connectivity index (χ2n) is 7.55. The van der Waals surface area contributed by atoms with Crippen molar-refractivity contribution < 1.29 is 4.79 Å². The molecule has 25 heavy (non-hydrogen) atoms. The smallest absolute Gasteiger partial charge is 0.234 e. The summed E-state index contributed by atoms with van der Waals surface area (Å²) in [7, 11) is 2.00. The highest BCUT2D eigenvalue weighted by Gasteiger charge is 2.28. The molecule has 1 fully saturated rings. The molecule has 2 aromatic rings. The average Bonchev–Trinajstić information content (AvgIpc) is 3.02. The van der Waals surface area contributed by atoms with Crippen LogP contribution in [0.4, 0.5) is 0 Å². The zero-order chi connectivity index (χ0) is 18.0. The minimum atomic E-state index is 0.126. The third-order valence-electron chi connectivity index (χ3n) is 5.78. The summed E-state index contributed by atoms with van der Waals surface area (Å²) in [6, 6.07) is 8.65. The SMILES string of the molecule is C[C@H]1[C@@H](NC(=O)CN(C)[C@@H](C)c2nc3ccccc3s2)CCC[C@@H]1C. The first-order valence-electron chi connectivity index (χ1n) is 9.30. The lowest BCUT2D eigenvalue weighted by Crippen LogP contribution is -2.47. The fourth-order valence-electron chi connectivity index (χ4n) is 3.66. The first kappa shape index (κ1) is 18.3. The second kappa shape index (κ2) is 7.83. The van der Waals surface area contributed by atoms with Crippen LogP contribution in [-0.4, -0.2) is 35.4 Å². The van der Waals surface area contributed by atoms with Crippen molar-refractivity contribution in [2.75, 3.05) is 13.6 Å². The molecule has 5 heteroatoms. The number of thiazole rings is 1. The summed E-state index contributed by atoms with van der Waals surface area (Å²) in [5.74, 6) is 1.38. The number of amides is 1. The van der Waals surface area contributed by atoms with Crippen molar-refractivity contribution in [1.29, 1.82) is 0 Å². The van der Waals surface area contributed by atoms with Gasteiger partial charge in [-0.2, -0.15) is 0 Å². The maximum Gasteiger partial charge on any atom is 0.234 e. The summed E-state index contributed by atoms with van der Waals surface area (Å²) in [5.41, 5.74) is 1.04. The van der Waals surface area contributed by atoms with Gasteiger partial charge in [0, 0.05) is 6.04 Å². The van der Waals surface area contributed by atoms with Crippen LogP contribution in [0.25, 0.3) is 10.2 Å². The zero-order valence-corrected chi connectivity index (χ0v) is 16.5. The number of hydrogen-bond acceptors (Lipinski definition) is 4. The number of nitrogens with one attached hydrogen (secondary N) is 1. The van der Waals surface area contributed by atoms with Crippen LogP contribution in [0, 0.1) is 11.8 Å². The number of nitrogens with zero attached hydrogens (tertiary/aromatic N) is 2. The van der Waals surface area contributed by atoms with E-state index in [1.807, 2.05) is 25.2 Å². The van der Waals surface area contributed by atoms with Crippen LogP contribution in [0.3, 0.4) is 0 Å². The number of hydrogen-bond donors (Lipinski definition) is 1. The van der Waals surface area contributed by atoms with E-state index in [-0.39, 0.29) is 11.9 Å². The Balaban J connectivity index is 1.58. The fourth-order valence-corrected chi connectivity index (χ4v) is 4.74. The number of aromatic nitrogens is 1. The highest BCUT2D eigenvalue weighted by molar-refractivity contribution is 7.18. The van der Waals surface area contributed by atoms with Gasteiger partial charge in [-0.05, 0) is 44.4 Å². The third kappa shape index (κ3) is 4.21. The molecule has 136 valence electrons. The summed E-state index contributed by atoms with van der Waals surface area (Å²) < 4.78 is 1.20. The van der Waals surface area contributed by atoms with E-state index in [0.717, 1.165) is 16.9 Å². The second-order valence-corrected chi connectivity index (χ2v) is 8.61. The van der Waals surface area contributed by atoms with Crippen LogP contribution in [0.2, 0.25) is 0 Å². The molecule has 0 aliphatic heterocycles. The van der Waals surface area contributed by atoms with E-state index in [9.17, 15) is 4.79 Å². The molecule has 1 saturated carbocycles. The van der Waals surface area contributed by atoms with Crippen LogP contribution in [0.1, 0.15) is 51.1 Å². The van der Waals surface area contributed by atoms with Crippen molar-refractivity contribution in [3.63, 3.8) is 0 Å². The molecular formula is C20H29N3OS. The molecule has 0 saturated heterocycles. The summed E-state index contributed by atoms with van der Waals surface area (Å²) >= 11 is 1.71. The van der Waals surface area contributed by atoms with Gasteiger partial charge in [-0.15, -0.1) is 11.3 Å². The Kier molecular flexibility index (Phi) is 5.74. The molecule has 1 aromatic carbocycles. The largest absolute Gasteiger partial charge is 0.352 e. The van der Waals surface area contributed by atoms with E-state index >= 15 is 0 Å². The Morgan fingerprint density at radius 2 is 2.12 bits per heavy atom. The van der Waals surface area contributed by atoms with Crippen LogP contribution >= 0.6 is 11.3 Å². The van der Waals surface area contributed by atoms with Gasteiger partial charge in [0.05, 0.1) is 22.8 Å². The lowest BCUT2D eigenvalue weighted by molar-refractivity contribution is -0.123. The monoisotopic (exact) mass is 359 g/mol. The van der Waals surface area contributed by atoms with Crippen LogP contribution in [0.5, 0.6) is 0 Å². The Hall–Kier alpha value is -1.46. The van der Waals surface area contributed by atoms with Gasteiger partial charge in [0.2, 0.25) is 5.91 Å². The van der Waals surface area contributed by atoms with Gasteiger partial charge in [0.15, 0.2) is 0 Å². The predicted molar refractivity (Wildman–Crippen MR) is 105 cm³/mol. The summed E-state index contributed by atoms with van der Waals surface area (Å²) in [5, 5.41) is 4.33. The number of fused-ring (bicyclic) bond motifs is 1. The Labute approximate surface area is 154 Å². The topological polar surface area (TPSA) is 45.2 Å². The number of likely N-dealkylation sites (N-methyl/N-ethyl adjacent to an activating group) is 1. The van der Waals surface area contributed by atoms with E-state index in [2.05, 4.69) is 37.1 Å². The highest BCUT2D eigenvalue weighted by Crippen LogP contribution is 2.30. The van der Waals surface area contributed by atoms with Crippen molar-refractivity contribution in [1.82, 2.24) is 15.2 Å². The lowest BCUT2D eigenvalue weighted by atomic mass is 9.78. The first-order valence-corrected chi connectivity index (χ1v) is 10.1. The zero-order valence-electron chi connectivity index (χ0n) is 15.7. The van der Waals surface area contributed by atoms with Crippen molar-refractivity contribution in [2.24, 2.45) is 11.8 Å². The standard InChI is InChI=1S/C20H29N3OS/c1-13-8-7-10-16(14(13)2)21-19(24)12-23(4)15(3)20-22-17-9-5-6-11-18(17)25-20/h5-6,9,11,13-16H,7-8,10,12H2,1-4H3,(H,21,24)/t13-,14+,15-,16-/m0/s1. The van der Waals surface area contributed by atoms with Crippen LogP contribution in [0.15, 0.2) is 24.3 Å². The molecule has 1 N–H and O–H groups in total. The normalized spacial score (nSPS) is 25.2. The number of carbonyl (C=O) groups excluding carboxylic acids is 1. The van der Waals surface area contributed by atoms with E-state index < -0.39 is 0 Å². The Bertz CT molecular complexity index is 696. The van der Waals surface area contributed by atoms with Gasteiger partial charge in [-0.25, -0.2) is 4.98 Å². The summed E-state index contributed by atoms with van der Waals surface area (Å²) in [6.07, 6.45) is 3.60. The molecule has 1 aromatic heterocycles. The number of carbonyl (C=O) groups is 1. The van der Waals surface area contributed by atoms with E-state index in [1.54, 1.807) is 11.3 Å². The molecule has 1 heterocycles. The highest BCUT2D eigenvalue weighted by atomic mass is 32.1. The number of para-hydroxylation sites is 1. The molecule has 4 atom stereocenters. The quantitative estimate of drug-likeness (QED) is 0.869. The summed E-state index contributed by atoms with van der Waals surface area (Å²) in [4.78, 5) is 19.3. The first-order chi connectivity index (χ1) is 12.0. The molecular weight excluding hydrogens is 330 g/mol. The van der Waals surface area contributed by atoms with Crippen molar-refractivity contribution in [3.8, 4) is 0 Å². The maximum absolute atomic E-state index is 12.5. The minimum absolute atomic E-state index is 0.126. The van der Waals surface area contributed by atoms with Crippen LogP contribution in [-0.2, 0) is 4.79 Å². The van der Waals surface area contributed by atoms with E-state index in [4.69, 9.17) is 4.98 Å². The molecule has 1 aliphatic rings. The van der Waals surface area contributed by atoms with E-state index in [0.29, 0.717) is 24.4 Å². The van der Waals surface area contributed by atoms with Gasteiger partial charge in [-0.3, -0.25) is 9.69 Å². The van der Waals surface area contributed by atoms with Gasteiger partial charge in [0.1, 0.15) is 5.01 Å². The molecule has 0 radical (unpaired) electrons. The molecule has 1 aliphatic carbocycles. The lowest BCUT2D eigenvalue weighted by Gasteiger charge is -2.35. The third-order valence-corrected chi connectivity index (χ3v) is 6.98. The van der Waals surface area contributed by atoms with Crippen molar-refractivity contribution >= 4 is 27.5 Å². The Morgan fingerprint density at radius 3 is 2.88 bits per heavy atom.